The highest BCUT2D eigenvalue weighted by molar-refractivity contribution is 7.22. The van der Waals surface area contributed by atoms with Gasteiger partial charge in [-0.25, -0.2) is 9.65 Å². The predicted molar refractivity (Wildman–Crippen MR) is 137 cm³/mol. The number of benzene rings is 2. The van der Waals surface area contributed by atoms with Crippen LogP contribution in [0, 0.1) is 33.1 Å². The summed E-state index contributed by atoms with van der Waals surface area (Å²) in [6.45, 7) is 0.847. The largest absolute Gasteiger partial charge is 0.493 e. The van der Waals surface area contributed by atoms with Gasteiger partial charge in [0.15, 0.2) is 11.6 Å². The van der Waals surface area contributed by atoms with Crippen LogP contribution in [0.5, 0.6) is 17.2 Å². The van der Waals surface area contributed by atoms with E-state index in [1.807, 2.05) is 30.3 Å². The van der Waals surface area contributed by atoms with Crippen LogP contribution >= 0.6 is 11.3 Å². The molecule has 10 heteroatoms. The standard InChI is InChI=1S/C26H21BFN3O4S/c28-21-13-19(31(32)33)3-6-23(21)35-24-9-12-30-22-14-25(36-26(22)24)18-1-4-20(5-2-18)34-15-17-7-10-27(16-29)11-8-17/h1-6,9,12-14,17H,7-8,10-11,15H2. The lowest BCUT2D eigenvalue weighted by Gasteiger charge is -2.23. The van der Waals surface area contributed by atoms with E-state index in [0.717, 1.165) is 52.4 Å². The Kier molecular flexibility index (Phi) is 6.82. The van der Waals surface area contributed by atoms with Crippen LogP contribution in [0.25, 0.3) is 20.7 Å². The van der Waals surface area contributed by atoms with Gasteiger partial charge in [0.25, 0.3) is 12.4 Å². The summed E-state index contributed by atoms with van der Waals surface area (Å²) in [6.07, 6.45) is 5.54. The fourth-order valence-electron chi connectivity index (χ4n) is 4.33. The molecule has 2 aromatic heterocycles. The molecule has 0 unspecified atom stereocenters. The maximum atomic E-state index is 14.4. The van der Waals surface area contributed by atoms with E-state index in [9.17, 15) is 14.5 Å². The fraction of sp³-hybridized carbons (Fsp3) is 0.231. The normalized spacial score (nSPS) is 13.9. The Morgan fingerprint density at radius 1 is 1.14 bits per heavy atom. The molecule has 36 heavy (non-hydrogen) atoms. The van der Waals surface area contributed by atoms with Crippen molar-refractivity contribution in [3.8, 4) is 33.7 Å². The van der Waals surface area contributed by atoms with E-state index < -0.39 is 10.7 Å². The average molecular weight is 501 g/mol. The molecule has 0 aliphatic carbocycles. The van der Waals surface area contributed by atoms with Crippen molar-refractivity contribution in [2.45, 2.75) is 25.5 Å². The molecule has 5 rings (SSSR count). The molecule has 0 amide bonds. The van der Waals surface area contributed by atoms with Gasteiger partial charge in [0.1, 0.15) is 11.5 Å². The number of fused-ring (bicyclic) bond motifs is 1. The van der Waals surface area contributed by atoms with Crippen LogP contribution in [-0.4, -0.2) is 23.2 Å². The average Bonchev–Trinajstić information content (AvgIpc) is 3.34. The number of ether oxygens (including phenoxy) is 2. The van der Waals surface area contributed by atoms with Gasteiger partial charge < -0.3 is 9.47 Å². The van der Waals surface area contributed by atoms with Crippen molar-refractivity contribution in [1.29, 1.82) is 5.26 Å². The lowest BCUT2D eigenvalue weighted by atomic mass is 9.42. The summed E-state index contributed by atoms with van der Waals surface area (Å²) < 4.78 is 26.9. The third-order valence-electron chi connectivity index (χ3n) is 6.38. The molecule has 0 radical (unpaired) electrons. The number of hydrogen-bond donors (Lipinski definition) is 0. The molecule has 1 aliphatic rings. The minimum atomic E-state index is -0.806. The summed E-state index contributed by atoms with van der Waals surface area (Å²) in [5.41, 5.74) is 1.37. The number of nitro groups is 1. The number of nitrogens with zero attached hydrogens (tertiary/aromatic N) is 3. The molecule has 3 heterocycles. The zero-order valence-corrected chi connectivity index (χ0v) is 20.0. The molecular weight excluding hydrogens is 480 g/mol. The molecular formula is C26H21BFN3O4S. The number of hydrogen-bond acceptors (Lipinski definition) is 7. The summed E-state index contributed by atoms with van der Waals surface area (Å²) in [4.78, 5) is 15.6. The number of thiophene rings is 1. The molecule has 1 aliphatic heterocycles. The molecule has 0 saturated carbocycles. The van der Waals surface area contributed by atoms with Gasteiger partial charge in [0.2, 0.25) is 0 Å². The number of aromatic nitrogens is 1. The van der Waals surface area contributed by atoms with Crippen LogP contribution in [0.3, 0.4) is 0 Å². The summed E-state index contributed by atoms with van der Waals surface area (Å²) in [5.74, 6) is 3.18. The third-order valence-corrected chi connectivity index (χ3v) is 7.56. The molecule has 4 aromatic rings. The van der Waals surface area contributed by atoms with E-state index in [0.29, 0.717) is 23.8 Å². The molecule has 180 valence electrons. The molecule has 0 bridgehead atoms. The van der Waals surface area contributed by atoms with Gasteiger partial charge in [0, 0.05) is 29.2 Å². The van der Waals surface area contributed by atoms with E-state index in [2.05, 4.69) is 11.0 Å². The van der Waals surface area contributed by atoms with Crippen molar-refractivity contribution in [3.05, 3.63) is 76.7 Å². The first-order valence-corrected chi connectivity index (χ1v) is 12.4. The number of halogens is 1. The Bertz CT molecular complexity index is 1450. The Labute approximate surface area is 211 Å². The van der Waals surface area contributed by atoms with Gasteiger partial charge in [-0.1, -0.05) is 25.5 Å². The second-order valence-corrected chi connectivity index (χ2v) is 9.84. The van der Waals surface area contributed by atoms with Gasteiger partial charge in [-0.15, -0.1) is 11.3 Å². The van der Waals surface area contributed by atoms with E-state index in [1.165, 1.54) is 23.5 Å². The number of nitriles is 1. The van der Waals surface area contributed by atoms with Crippen molar-refractivity contribution < 1.29 is 18.8 Å². The summed E-state index contributed by atoms with van der Waals surface area (Å²) in [5, 5.41) is 19.9. The molecule has 0 atom stereocenters. The molecule has 0 spiro atoms. The van der Waals surface area contributed by atoms with Crippen molar-refractivity contribution in [3.63, 3.8) is 0 Å². The summed E-state index contributed by atoms with van der Waals surface area (Å²) >= 11 is 1.47. The number of rotatable bonds is 7. The first-order valence-electron chi connectivity index (χ1n) is 11.6. The number of non-ortho nitro benzene ring substituents is 1. The third kappa shape index (κ3) is 5.16. The zero-order valence-electron chi connectivity index (χ0n) is 19.2. The van der Waals surface area contributed by atoms with Crippen LogP contribution in [0.1, 0.15) is 12.8 Å². The SMILES string of the molecule is N#CB1CCC(COc2ccc(-c3cc4nccc(Oc5ccc([N+](=O)[O-])cc5F)c4s3)cc2)CC1. The molecule has 1 saturated heterocycles. The second kappa shape index (κ2) is 10.3. The van der Waals surface area contributed by atoms with Gasteiger partial charge in [-0.05, 0) is 47.9 Å². The zero-order chi connectivity index (χ0) is 25.1. The van der Waals surface area contributed by atoms with Crippen LogP contribution in [0.4, 0.5) is 10.1 Å². The minimum Gasteiger partial charge on any atom is -0.493 e. The highest BCUT2D eigenvalue weighted by Crippen LogP contribution is 2.40. The maximum Gasteiger partial charge on any atom is 0.272 e. The highest BCUT2D eigenvalue weighted by Gasteiger charge is 2.24. The van der Waals surface area contributed by atoms with E-state index in [1.54, 1.807) is 12.3 Å². The van der Waals surface area contributed by atoms with Gasteiger partial charge in [0.05, 0.1) is 27.8 Å². The van der Waals surface area contributed by atoms with Crippen molar-refractivity contribution >= 4 is 34.0 Å². The summed E-state index contributed by atoms with van der Waals surface area (Å²) in [6, 6.07) is 14.8. The van der Waals surface area contributed by atoms with Crippen LogP contribution < -0.4 is 9.47 Å². The van der Waals surface area contributed by atoms with Crippen molar-refractivity contribution in [1.82, 2.24) is 4.98 Å². The fourth-order valence-corrected chi connectivity index (χ4v) is 5.40. The van der Waals surface area contributed by atoms with E-state index >= 15 is 0 Å². The van der Waals surface area contributed by atoms with Crippen LogP contribution in [0.15, 0.2) is 60.8 Å². The van der Waals surface area contributed by atoms with Crippen molar-refractivity contribution in [2.24, 2.45) is 5.92 Å². The second-order valence-electron chi connectivity index (χ2n) is 8.79. The Hall–Kier alpha value is -3.97. The Morgan fingerprint density at radius 3 is 2.61 bits per heavy atom. The van der Waals surface area contributed by atoms with Gasteiger partial charge in [-0.2, -0.15) is 0 Å². The van der Waals surface area contributed by atoms with Crippen molar-refractivity contribution in [2.75, 3.05) is 6.61 Å². The highest BCUT2D eigenvalue weighted by atomic mass is 32.1. The molecule has 2 aromatic carbocycles. The maximum absolute atomic E-state index is 14.4. The minimum absolute atomic E-state index is 0.0920. The quantitative estimate of drug-likeness (QED) is 0.152. The molecule has 7 nitrogen and oxygen atoms in total. The van der Waals surface area contributed by atoms with Crippen LogP contribution in [-0.2, 0) is 0 Å². The van der Waals surface area contributed by atoms with E-state index in [-0.39, 0.29) is 18.1 Å². The van der Waals surface area contributed by atoms with Crippen LogP contribution in [0.2, 0.25) is 12.6 Å². The lowest BCUT2D eigenvalue weighted by Crippen LogP contribution is -2.23. The van der Waals surface area contributed by atoms with Gasteiger partial charge >= 0.3 is 0 Å². The monoisotopic (exact) mass is 501 g/mol. The van der Waals surface area contributed by atoms with Gasteiger partial charge in [-0.3, -0.25) is 15.1 Å². The summed E-state index contributed by atoms with van der Waals surface area (Å²) in [7, 11) is 0. The van der Waals surface area contributed by atoms with E-state index in [4.69, 9.17) is 14.7 Å². The number of pyridine rings is 1. The molecule has 1 fully saturated rings. The topological polar surface area (TPSA) is 98.3 Å². The Morgan fingerprint density at radius 2 is 1.92 bits per heavy atom. The smallest absolute Gasteiger partial charge is 0.272 e. The first-order chi connectivity index (χ1) is 17.5. The lowest BCUT2D eigenvalue weighted by molar-refractivity contribution is -0.385. The molecule has 0 N–H and O–H groups in total. The predicted octanol–water partition coefficient (Wildman–Crippen LogP) is 7.15. The Balaban J connectivity index is 1.29. The number of nitro benzene ring substituents is 1. The first kappa shape index (κ1) is 23.8.